The maximum Gasteiger partial charge on any atom is 0.149 e. The van der Waals surface area contributed by atoms with E-state index in [-0.39, 0.29) is 0 Å². The Kier molecular flexibility index (Phi) is 3.71. The second kappa shape index (κ2) is 5.46. The molecule has 0 amide bonds. The van der Waals surface area contributed by atoms with Crippen LogP contribution in [-0.4, -0.2) is 26.5 Å². The molecule has 0 aliphatic heterocycles. The summed E-state index contributed by atoms with van der Waals surface area (Å²) >= 11 is 5.71. The number of aryl methyl sites for hydroxylation is 1. The number of hydrogen-bond acceptors (Lipinski definition) is 4. The number of aromatic amines is 1. The maximum atomic E-state index is 5.71. The Labute approximate surface area is 98.3 Å². The molecule has 0 radical (unpaired) electrons. The lowest BCUT2D eigenvalue weighted by atomic mass is 10.3. The van der Waals surface area contributed by atoms with Gasteiger partial charge in [-0.3, -0.25) is 4.98 Å². The molecule has 5 nitrogen and oxygen atoms in total. The molecule has 0 aromatic carbocycles. The minimum absolute atomic E-state index is 0.399. The Bertz CT molecular complexity index is 429. The average Bonchev–Trinajstić information content (AvgIpc) is 2.77. The van der Waals surface area contributed by atoms with Crippen LogP contribution in [0.25, 0.3) is 0 Å². The zero-order chi connectivity index (χ0) is 11.2. The smallest absolute Gasteiger partial charge is 0.149 e. The van der Waals surface area contributed by atoms with E-state index in [4.69, 9.17) is 11.6 Å². The van der Waals surface area contributed by atoms with E-state index in [1.165, 1.54) is 6.20 Å². The number of nitrogens with one attached hydrogen (secondary N) is 2. The van der Waals surface area contributed by atoms with Crippen molar-refractivity contribution in [2.45, 2.75) is 12.8 Å². The SMILES string of the molecule is Clc1cncc(NCCCc2ncc[nH]2)n1. The number of rotatable bonds is 5. The first-order valence-corrected chi connectivity index (χ1v) is 5.42. The van der Waals surface area contributed by atoms with E-state index < -0.39 is 0 Å². The lowest BCUT2D eigenvalue weighted by Crippen LogP contribution is -2.05. The first-order chi connectivity index (χ1) is 7.84. The molecular formula is C10H12ClN5. The molecule has 0 bridgehead atoms. The van der Waals surface area contributed by atoms with Gasteiger partial charge in [0.15, 0.2) is 0 Å². The van der Waals surface area contributed by atoms with Gasteiger partial charge in [-0.25, -0.2) is 9.97 Å². The zero-order valence-electron chi connectivity index (χ0n) is 8.65. The molecule has 0 saturated carbocycles. The molecule has 2 aromatic heterocycles. The zero-order valence-corrected chi connectivity index (χ0v) is 9.41. The minimum atomic E-state index is 0.399. The lowest BCUT2D eigenvalue weighted by Gasteiger charge is -2.03. The standard InChI is InChI=1S/C10H12ClN5/c11-8-6-12-7-10(16-8)13-3-1-2-9-14-4-5-15-9/h4-7H,1-3H2,(H,13,16)(H,14,15). The van der Waals surface area contributed by atoms with Crippen LogP contribution in [0.1, 0.15) is 12.2 Å². The van der Waals surface area contributed by atoms with E-state index >= 15 is 0 Å². The van der Waals surface area contributed by atoms with Gasteiger partial charge >= 0.3 is 0 Å². The molecule has 84 valence electrons. The largest absolute Gasteiger partial charge is 0.369 e. The van der Waals surface area contributed by atoms with Crippen LogP contribution in [-0.2, 0) is 6.42 Å². The minimum Gasteiger partial charge on any atom is -0.369 e. The topological polar surface area (TPSA) is 66.5 Å². The quantitative estimate of drug-likeness (QED) is 0.780. The van der Waals surface area contributed by atoms with Gasteiger partial charge in [-0.15, -0.1) is 0 Å². The molecule has 0 spiro atoms. The van der Waals surface area contributed by atoms with Crippen molar-refractivity contribution in [2.75, 3.05) is 11.9 Å². The number of hydrogen-bond donors (Lipinski definition) is 2. The molecule has 0 saturated heterocycles. The van der Waals surface area contributed by atoms with Gasteiger partial charge in [0.05, 0.1) is 12.4 Å². The molecule has 2 N–H and O–H groups in total. The molecule has 2 aromatic rings. The van der Waals surface area contributed by atoms with Crippen LogP contribution in [0.5, 0.6) is 0 Å². The number of H-pyrrole nitrogens is 1. The first-order valence-electron chi connectivity index (χ1n) is 5.04. The summed E-state index contributed by atoms with van der Waals surface area (Å²) in [4.78, 5) is 15.2. The van der Waals surface area contributed by atoms with Crippen molar-refractivity contribution >= 4 is 17.4 Å². The molecule has 0 atom stereocenters. The number of halogens is 1. The van der Waals surface area contributed by atoms with Crippen molar-refractivity contribution in [3.05, 3.63) is 35.8 Å². The van der Waals surface area contributed by atoms with E-state index in [1.54, 1.807) is 12.4 Å². The van der Waals surface area contributed by atoms with Crippen molar-refractivity contribution in [2.24, 2.45) is 0 Å². The molecule has 16 heavy (non-hydrogen) atoms. The van der Waals surface area contributed by atoms with Crippen LogP contribution in [0.2, 0.25) is 5.15 Å². The van der Waals surface area contributed by atoms with Crippen molar-refractivity contribution in [3.8, 4) is 0 Å². The highest BCUT2D eigenvalue weighted by Crippen LogP contribution is 2.06. The third-order valence-corrected chi connectivity index (χ3v) is 2.24. The number of anilines is 1. The van der Waals surface area contributed by atoms with Crippen molar-refractivity contribution in [1.29, 1.82) is 0 Å². The fraction of sp³-hybridized carbons (Fsp3) is 0.300. The fourth-order valence-electron chi connectivity index (χ4n) is 1.33. The van der Waals surface area contributed by atoms with Gasteiger partial charge in [-0.2, -0.15) is 0 Å². The second-order valence-electron chi connectivity index (χ2n) is 3.29. The normalized spacial score (nSPS) is 10.3. The van der Waals surface area contributed by atoms with Gasteiger partial charge in [0.2, 0.25) is 0 Å². The number of imidazole rings is 1. The number of nitrogens with zero attached hydrogens (tertiary/aromatic N) is 3. The summed E-state index contributed by atoms with van der Waals surface area (Å²) in [5, 5.41) is 3.55. The van der Waals surface area contributed by atoms with Crippen LogP contribution in [0.15, 0.2) is 24.8 Å². The summed E-state index contributed by atoms with van der Waals surface area (Å²) in [7, 11) is 0. The maximum absolute atomic E-state index is 5.71. The monoisotopic (exact) mass is 237 g/mol. The van der Waals surface area contributed by atoms with Gasteiger partial charge in [-0.05, 0) is 6.42 Å². The van der Waals surface area contributed by atoms with Gasteiger partial charge < -0.3 is 10.3 Å². The Morgan fingerprint density at radius 2 is 2.31 bits per heavy atom. The van der Waals surface area contributed by atoms with Gasteiger partial charge in [0.1, 0.15) is 16.8 Å². The third kappa shape index (κ3) is 3.20. The molecule has 0 aliphatic carbocycles. The van der Waals surface area contributed by atoms with Crippen LogP contribution in [0, 0.1) is 0 Å². The highest BCUT2D eigenvalue weighted by Gasteiger charge is 1.97. The Hall–Kier alpha value is -1.62. The number of aromatic nitrogens is 4. The first kappa shape index (κ1) is 10.9. The Morgan fingerprint density at radius 1 is 1.38 bits per heavy atom. The third-order valence-electron chi connectivity index (χ3n) is 2.06. The van der Waals surface area contributed by atoms with Gasteiger partial charge in [0.25, 0.3) is 0 Å². The van der Waals surface area contributed by atoms with Crippen LogP contribution in [0.3, 0.4) is 0 Å². The summed E-state index contributed by atoms with van der Waals surface area (Å²) < 4.78 is 0. The predicted octanol–water partition coefficient (Wildman–Crippen LogP) is 1.90. The summed E-state index contributed by atoms with van der Waals surface area (Å²) in [5.41, 5.74) is 0. The Morgan fingerprint density at radius 3 is 3.06 bits per heavy atom. The molecule has 0 aliphatic rings. The van der Waals surface area contributed by atoms with E-state index in [0.29, 0.717) is 11.0 Å². The highest BCUT2D eigenvalue weighted by molar-refractivity contribution is 6.29. The highest BCUT2D eigenvalue weighted by atomic mass is 35.5. The van der Waals surface area contributed by atoms with E-state index in [2.05, 4.69) is 25.3 Å². The van der Waals surface area contributed by atoms with Gasteiger partial charge in [-0.1, -0.05) is 11.6 Å². The van der Waals surface area contributed by atoms with E-state index in [1.807, 2.05) is 6.20 Å². The van der Waals surface area contributed by atoms with E-state index in [0.717, 1.165) is 25.2 Å². The summed E-state index contributed by atoms with van der Waals surface area (Å²) in [5.74, 6) is 1.70. The lowest BCUT2D eigenvalue weighted by molar-refractivity contribution is 0.813. The fourth-order valence-corrected chi connectivity index (χ4v) is 1.48. The molecule has 2 rings (SSSR count). The summed E-state index contributed by atoms with van der Waals surface area (Å²) in [6.07, 6.45) is 8.63. The van der Waals surface area contributed by atoms with Crippen LogP contribution < -0.4 is 5.32 Å². The predicted molar refractivity (Wildman–Crippen MR) is 62.4 cm³/mol. The Balaban J connectivity index is 1.72. The second-order valence-corrected chi connectivity index (χ2v) is 3.68. The molecular weight excluding hydrogens is 226 g/mol. The van der Waals surface area contributed by atoms with Crippen molar-refractivity contribution in [1.82, 2.24) is 19.9 Å². The molecule has 2 heterocycles. The van der Waals surface area contributed by atoms with Crippen LogP contribution >= 0.6 is 11.6 Å². The van der Waals surface area contributed by atoms with Crippen molar-refractivity contribution < 1.29 is 0 Å². The molecule has 0 fully saturated rings. The summed E-state index contributed by atoms with van der Waals surface area (Å²) in [6, 6.07) is 0. The summed E-state index contributed by atoms with van der Waals surface area (Å²) in [6.45, 7) is 0.815. The van der Waals surface area contributed by atoms with E-state index in [9.17, 15) is 0 Å². The van der Waals surface area contributed by atoms with Crippen LogP contribution in [0.4, 0.5) is 5.82 Å². The molecule has 0 unspecified atom stereocenters. The van der Waals surface area contributed by atoms with Gasteiger partial charge in [0, 0.05) is 25.4 Å². The average molecular weight is 238 g/mol. The molecule has 6 heteroatoms. The van der Waals surface area contributed by atoms with Crippen molar-refractivity contribution in [3.63, 3.8) is 0 Å².